The van der Waals surface area contributed by atoms with Crippen molar-refractivity contribution in [2.75, 3.05) is 5.32 Å². The Hall–Kier alpha value is -1.27. The van der Waals surface area contributed by atoms with Crippen molar-refractivity contribution in [3.8, 4) is 5.75 Å². The van der Waals surface area contributed by atoms with Gasteiger partial charge >= 0.3 is 0 Å². The Kier molecular flexibility index (Phi) is 5.25. The largest absolute Gasteiger partial charge is 0.481 e. The molecule has 20 heavy (non-hydrogen) atoms. The number of hydrogen-bond donors (Lipinski definition) is 1. The minimum absolute atomic E-state index is 0.200. The van der Waals surface area contributed by atoms with E-state index in [1.54, 1.807) is 31.2 Å². The molecule has 104 valence electrons. The van der Waals surface area contributed by atoms with Crippen molar-refractivity contribution >= 4 is 45.8 Å². The van der Waals surface area contributed by atoms with Crippen molar-refractivity contribution in [3.63, 3.8) is 0 Å². The predicted octanol–water partition coefficient (Wildman–Crippen LogP) is 4.35. The summed E-state index contributed by atoms with van der Waals surface area (Å²) in [5.74, 6) is 0.372. The molecule has 2 rings (SSSR count). The zero-order valence-electron chi connectivity index (χ0n) is 10.8. The first-order valence-corrected chi connectivity index (χ1v) is 7.49. The van der Waals surface area contributed by atoms with Crippen LogP contribution in [0.25, 0.3) is 0 Å². The molecule has 0 aliphatic rings. The molecule has 5 heteroatoms. The minimum atomic E-state index is -0.607. The molecule has 0 saturated carbocycles. The van der Waals surface area contributed by atoms with E-state index in [0.29, 0.717) is 10.8 Å². The molecule has 0 saturated heterocycles. The Morgan fingerprint density at radius 3 is 2.70 bits per heavy atom. The molecular formula is C15H13ClINO2. The van der Waals surface area contributed by atoms with Crippen molar-refractivity contribution in [3.05, 3.63) is 57.1 Å². The van der Waals surface area contributed by atoms with E-state index in [1.807, 2.05) is 24.3 Å². The number of halogens is 2. The fourth-order valence-electron chi connectivity index (χ4n) is 1.59. The number of ether oxygens (including phenoxy) is 1. The highest BCUT2D eigenvalue weighted by molar-refractivity contribution is 14.1. The van der Waals surface area contributed by atoms with E-state index < -0.39 is 6.10 Å². The zero-order valence-corrected chi connectivity index (χ0v) is 13.7. The average Bonchev–Trinajstić information content (AvgIpc) is 2.41. The predicted molar refractivity (Wildman–Crippen MR) is 89.3 cm³/mol. The minimum Gasteiger partial charge on any atom is -0.481 e. The first kappa shape index (κ1) is 15.1. The van der Waals surface area contributed by atoms with Crippen LogP contribution in [0.15, 0.2) is 48.5 Å². The highest BCUT2D eigenvalue weighted by Crippen LogP contribution is 2.20. The number of para-hydroxylation sites is 1. The Morgan fingerprint density at radius 2 is 2.00 bits per heavy atom. The molecule has 1 amide bonds. The Labute approximate surface area is 136 Å². The highest BCUT2D eigenvalue weighted by atomic mass is 127. The van der Waals surface area contributed by atoms with E-state index in [4.69, 9.17) is 16.3 Å². The van der Waals surface area contributed by atoms with Crippen LogP contribution in [0.1, 0.15) is 6.92 Å². The molecule has 0 radical (unpaired) electrons. The number of carbonyl (C=O) groups is 1. The molecule has 2 aromatic carbocycles. The quantitative estimate of drug-likeness (QED) is 0.774. The van der Waals surface area contributed by atoms with Crippen LogP contribution >= 0.6 is 34.2 Å². The van der Waals surface area contributed by atoms with Crippen LogP contribution in [-0.4, -0.2) is 12.0 Å². The molecule has 0 heterocycles. The van der Waals surface area contributed by atoms with Gasteiger partial charge in [-0.05, 0) is 59.8 Å². The van der Waals surface area contributed by atoms with Gasteiger partial charge in [-0.1, -0.05) is 29.8 Å². The van der Waals surface area contributed by atoms with Gasteiger partial charge in [-0.2, -0.15) is 0 Å². The van der Waals surface area contributed by atoms with Crippen LogP contribution in [-0.2, 0) is 4.79 Å². The summed E-state index contributed by atoms with van der Waals surface area (Å²) in [6.45, 7) is 1.70. The SMILES string of the molecule is CC(Oc1cccc(Cl)c1)C(=O)Nc1ccccc1I. The summed E-state index contributed by atoms with van der Waals surface area (Å²) < 4.78 is 6.55. The van der Waals surface area contributed by atoms with Crippen LogP contribution < -0.4 is 10.1 Å². The van der Waals surface area contributed by atoms with Gasteiger partial charge in [0.05, 0.1) is 5.69 Å². The van der Waals surface area contributed by atoms with Crippen molar-refractivity contribution in [2.45, 2.75) is 13.0 Å². The molecule has 0 spiro atoms. The molecule has 0 bridgehead atoms. The zero-order chi connectivity index (χ0) is 14.5. The van der Waals surface area contributed by atoms with Crippen LogP contribution in [0.4, 0.5) is 5.69 Å². The molecule has 1 unspecified atom stereocenters. The highest BCUT2D eigenvalue weighted by Gasteiger charge is 2.15. The lowest BCUT2D eigenvalue weighted by molar-refractivity contribution is -0.122. The van der Waals surface area contributed by atoms with Gasteiger partial charge in [0.25, 0.3) is 5.91 Å². The van der Waals surface area contributed by atoms with Crippen molar-refractivity contribution in [1.82, 2.24) is 0 Å². The van der Waals surface area contributed by atoms with Gasteiger partial charge in [0.15, 0.2) is 6.10 Å². The number of anilines is 1. The summed E-state index contributed by atoms with van der Waals surface area (Å²) >= 11 is 8.05. The fourth-order valence-corrected chi connectivity index (χ4v) is 2.30. The number of nitrogens with one attached hydrogen (secondary N) is 1. The summed E-state index contributed by atoms with van der Waals surface area (Å²) in [5.41, 5.74) is 0.777. The Bertz CT molecular complexity index is 618. The maximum absolute atomic E-state index is 12.1. The smallest absolute Gasteiger partial charge is 0.265 e. The Balaban J connectivity index is 2.01. The first-order chi connectivity index (χ1) is 9.56. The summed E-state index contributed by atoms with van der Waals surface area (Å²) in [4.78, 5) is 12.1. The van der Waals surface area contributed by atoms with Crippen LogP contribution in [0.3, 0.4) is 0 Å². The third-order valence-electron chi connectivity index (χ3n) is 2.61. The van der Waals surface area contributed by atoms with E-state index in [2.05, 4.69) is 27.9 Å². The summed E-state index contributed by atoms with van der Waals surface area (Å²) in [5, 5.41) is 3.42. The standard InChI is InChI=1S/C15H13ClINO2/c1-10(20-12-6-4-5-11(16)9-12)15(19)18-14-8-3-2-7-13(14)17/h2-10H,1H3,(H,18,19). The fraction of sp³-hybridized carbons (Fsp3) is 0.133. The summed E-state index contributed by atoms with van der Waals surface area (Å²) in [6.07, 6.45) is -0.607. The normalized spacial score (nSPS) is 11.8. The van der Waals surface area contributed by atoms with E-state index in [-0.39, 0.29) is 5.91 Å². The molecule has 1 atom stereocenters. The number of hydrogen-bond acceptors (Lipinski definition) is 2. The molecule has 3 nitrogen and oxygen atoms in total. The first-order valence-electron chi connectivity index (χ1n) is 6.04. The maximum atomic E-state index is 12.1. The molecule has 0 aliphatic heterocycles. The van der Waals surface area contributed by atoms with Crippen LogP contribution in [0, 0.1) is 3.57 Å². The topological polar surface area (TPSA) is 38.3 Å². The Morgan fingerprint density at radius 1 is 1.25 bits per heavy atom. The van der Waals surface area contributed by atoms with Gasteiger partial charge in [-0.25, -0.2) is 0 Å². The maximum Gasteiger partial charge on any atom is 0.265 e. The van der Waals surface area contributed by atoms with Crippen molar-refractivity contribution < 1.29 is 9.53 Å². The van der Waals surface area contributed by atoms with E-state index in [1.165, 1.54) is 0 Å². The lowest BCUT2D eigenvalue weighted by Gasteiger charge is -2.15. The number of amides is 1. The van der Waals surface area contributed by atoms with Crippen molar-refractivity contribution in [1.29, 1.82) is 0 Å². The number of rotatable bonds is 4. The van der Waals surface area contributed by atoms with Gasteiger partial charge in [0.1, 0.15) is 5.75 Å². The lowest BCUT2D eigenvalue weighted by Crippen LogP contribution is -2.30. The van der Waals surface area contributed by atoms with Crippen LogP contribution in [0.2, 0.25) is 5.02 Å². The second kappa shape index (κ2) is 6.95. The van der Waals surface area contributed by atoms with Crippen LogP contribution in [0.5, 0.6) is 5.75 Å². The third kappa shape index (κ3) is 4.11. The van der Waals surface area contributed by atoms with Gasteiger partial charge in [0.2, 0.25) is 0 Å². The van der Waals surface area contributed by atoms with E-state index in [0.717, 1.165) is 9.26 Å². The van der Waals surface area contributed by atoms with Gasteiger partial charge in [0, 0.05) is 8.59 Å². The molecule has 0 aromatic heterocycles. The number of carbonyl (C=O) groups excluding carboxylic acids is 1. The van der Waals surface area contributed by atoms with Gasteiger partial charge in [-0.15, -0.1) is 0 Å². The molecule has 0 fully saturated rings. The monoisotopic (exact) mass is 401 g/mol. The summed E-state index contributed by atoms with van der Waals surface area (Å²) in [7, 11) is 0. The molecule has 1 N–H and O–H groups in total. The molecular weight excluding hydrogens is 389 g/mol. The second-order valence-corrected chi connectivity index (χ2v) is 5.79. The molecule has 0 aliphatic carbocycles. The van der Waals surface area contributed by atoms with E-state index in [9.17, 15) is 4.79 Å². The van der Waals surface area contributed by atoms with E-state index >= 15 is 0 Å². The molecule has 2 aromatic rings. The average molecular weight is 402 g/mol. The lowest BCUT2D eigenvalue weighted by atomic mass is 10.3. The third-order valence-corrected chi connectivity index (χ3v) is 3.79. The number of benzene rings is 2. The second-order valence-electron chi connectivity index (χ2n) is 4.19. The van der Waals surface area contributed by atoms with Gasteiger partial charge in [-0.3, -0.25) is 4.79 Å². The van der Waals surface area contributed by atoms with Crippen molar-refractivity contribution in [2.24, 2.45) is 0 Å². The van der Waals surface area contributed by atoms with Gasteiger partial charge < -0.3 is 10.1 Å². The summed E-state index contributed by atoms with van der Waals surface area (Å²) in [6, 6.07) is 14.6.